The highest BCUT2D eigenvalue weighted by atomic mass is 32.2. The molecule has 190 valence electrons. The molecule has 0 radical (unpaired) electrons. The summed E-state index contributed by atoms with van der Waals surface area (Å²) in [6.45, 7) is 0.435. The van der Waals surface area contributed by atoms with E-state index in [1.54, 1.807) is 53.5 Å². The van der Waals surface area contributed by atoms with E-state index in [1.165, 1.54) is 9.80 Å². The Morgan fingerprint density at radius 2 is 1.50 bits per heavy atom. The summed E-state index contributed by atoms with van der Waals surface area (Å²) >= 11 is 11.3. The molecule has 0 saturated carbocycles. The number of hydrogen-bond acceptors (Lipinski definition) is 9. The lowest BCUT2D eigenvalue weighted by Gasteiger charge is -2.20. The first-order chi connectivity index (χ1) is 17.2. The normalized spacial score (nSPS) is 17.9. The second-order valence-corrected chi connectivity index (χ2v) is 11.8. The number of fused-ring (bicyclic) bond motifs is 1. The average molecular weight is 581 g/mol. The van der Waals surface area contributed by atoms with Gasteiger partial charge in [0.25, 0.3) is 5.91 Å². The van der Waals surface area contributed by atoms with Crippen molar-refractivity contribution in [3.05, 3.63) is 58.5 Å². The molecule has 3 rings (SSSR count). The molecular formula is C24H24N2O5S5. The van der Waals surface area contributed by atoms with E-state index in [0.29, 0.717) is 15.8 Å². The number of anilines is 1. The molecule has 0 unspecified atom stereocenters. The molecule has 1 aromatic carbocycles. The third-order valence-electron chi connectivity index (χ3n) is 5.03. The smallest absolute Gasteiger partial charge is 0.305 e. The van der Waals surface area contributed by atoms with Crippen molar-refractivity contribution in [2.75, 3.05) is 30.5 Å². The van der Waals surface area contributed by atoms with Gasteiger partial charge in [0.05, 0.1) is 28.5 Å². The predicted octanol–water partition coefficient (Wildman–Crippen LogP) is 5.69. The highest BCUT2D eigenvalue weighted by Crippen LogP contribution is 2.49. The lowest BCUT2D eigenvalue weighted by Crippen LogP contribution is -2.30. The van der Waals surface area contributed by atoms with Gasteiger partial charge in [-0.05, 0) is 36.8 Å². The zero-order valence-electron chi connectivity index (χ0n) is 19.5. The van der Waals surface area contributed by atoms with Gasteiger partial charge in [-0.2, -0.15) is 0 Å². The molecule has 1 fully saturated rings. The highest BCUT2D eigenvalue weighted by molar-refractivity contribution is 8.26. The number of thioether (sulfide) groups is 4. The monoisotopic (exact) mass is 580 g/mol. The Morgan fingerprint density at radius 3 is 2.11 bits per heavy atom. The number of rotatable bonds is 11. The van der Waals surface area contributed by atoms with Crippen LogP contribution in [0.15, 0.2) is 73.2 Å². The van der Waals surface area contributed by atoms with Crippen molar-refractivity contribution in [1.82, 2.24) is 4.90 Å². The van der Waals surface area contributed by atoms with E-state index in [4.69, 9.17) is 17.3 Å². The molecule has 2 aliphatic heterocycles. The van der Waals surface area contributed by atoms with Gasteiger partial charge in [0.2, 0.25) is 0 Å². The third-order valence-corrected chi connectivity index (χ3v) is 9.22. The number of hydrogen-bond donors (Lipinski definition) is 2. The molecule has 2 N–H and O–H groups in total. The SMILES string of the molecule is CSc1cc2c(cc1SC)N(CCC(=O)O)/C(=C/C=C/C=C/C=C1/SC(=S)N(CCC(=O)O)C1=O)S2. The van der Waals surface area contributed by atoms with Gasteiger partial charge in [0, 0.05) is 27.8 Å². The van der Waals surface area contributed by atoms with E-state index in [2.05, 4.69) is 12.1 Å². The molecule has 2 heterocycles. The van der Waals surface area contributed by atoms with E-state index in [-0.39, 0.29) is 25.3 Å². The van der Waals surface area contributed by atoms with Gasteiger partial charge in [0.1, 0.15) is 4.32 Å². The third kappa shape index (κ3) is 7.22. The maximum Gasteiger partial charge on any atom is 0.305 e. The molecule has 7 nitrogen and oxygen atoms in total. The molecular weight excluding hydrogens is 557 g/mol. The van der Waals surface area contributed by atoms with Crippen LogP contribution in [0.4, 0.5) is 5.69 Å². The molecule has 0 aliphatic carbocycles. The van der Waals surface area contributed by atoms with Gasteiger partial charge in [-0.15, -0.1) is 23.5 Å². The van der Waals surface area contributed by atoms with Gasteiger partial charge >= 0.3 is 11.9 Å². The van der Waals surface area contributed by atoms with Crippen LogP contribution in [-0.4, -0.2) is 62.9 Å². The van der Waals surface area contributed by atoms with Gasteiger partial charge in [-0.1, -0.05) is 60.0 Å². The van der Waals surface area contributed by atoms with Crippen molar-refractivity contribution < 1.29 is 24.6 Å². The van der Waals surface area contributed by atoms with Crippen LogP contribution in [-0.2, 0) is 14.4 Å². The van der Waals surface area contributed by atoms with Crippen LogP contribution in [0.3, 0.4) is 0 Å². The minimum Gasteiger partial charge on any atom is -0.481 e. The summed E-state index contributed by atoms with van der Waals surface area (Å²) in [6, 6.07) is 4.28. The van der Waals surface area contributed by atoms with Crippen molar-refractivity contribution >= 4 is 87.1 Å². The maximum absolute atomic E-state index is 12.4. The van der Waals surface area contributed by atoms with Crippen LogP contribution in [0, 0.1) is 0 Å². The minimum absolute atomic E-state index is 0.0322. The highest BCUT2D eigenvalue weighted by Gasteiger charge is 2.31. The number of nitrogens with zero attached hydrogens (tertiary/aromatic N) is 2. The largest absolute Gasteiger partial charge is 0.481 e. The Hall–Kier alpha value is -2.12. The second-order valence-electron chi connectivity index (χ2n) is 7.35. The molecule has 12 heteroatoms. The van der Waals surface area contributed by atoms with Crippen LogP contribution in [0.2, 0.25) is 0 Å². The Morgan fingerprint density at radius 1 is 0.917 bits per heavy atom. The Balaban J connectivity index is 1.70. The Labute approximate surface area is 232 Å². The molecule has 2 aliphatic rings. The van der Waals surface area contributed by atoms with Gasteiger partial charge in [-0.3, -0.25) is 19.3 Å². The number of thiocarbonyl (C=S) groups is 1. The fourth-order valence-corrected chi connectivity index (χ4v) is 7.26. The zero-order valence-corrected chi connectivity index (χ0v) is 23.6. The molecule has 1 saturated heterocycles. The van der Waals surface area contributed by atoms with Crippen molar-refractivity contribution in [1.29, 1.82) is 0 Å². The summed E-state index contributed by atoms with van der Waals surface area (Å²) in [7, 11) is 0. The summed E-state index contributed by atoms with van der Waals surface area (Å²) in [4.78, 5) is 41.6. The fourth-order valence-electron chi connectivity index (χ4n) is 3.31. The summed E-state index contributed by atoms with van der Waals surface area (Å²) in [5, 5.41) is 19.0. The van der Waals surface area contributed by atoms with E-state index < -0.39 is 11.9 Å². The van der Waals surface area contributed by atoms with Crippen LogP contribution in [0.1, 0.15) is 12.8 Å². The first-order valence-corrected chi connectivity index (χ1v) is 15.2. The first kappa shape index (κ1) is 28.5. The summed E-state index contributed by atoms with van der Waals surface area (Å²) in [5.41, 5.74) is 1.02. The number of benzene rings is 1. The van der Waals surface area contributed by atoms with E-state index >= 15 is 0 Å². The number of carboxylic acids is 2. The van der Waals surface area contributed by atoms with Crippen LogP contribution in [0.5, 0.6) is 0 Å². The van der Waals surface area contributed by atoms with Crippen LogP contribution < -0.4 is 4.90 Å². The zero-order chi connectivity index (χ0) is 26.2. The summed E-state index contributed by atoms with van der Waals surface area (Å²) in [5.74, 6) is -2.11. The van der Waals surface area contributed by atoms with Crippen molar-refractivity contribution in [3.8, 4) is 0 Å². The number of amides is 1. The Kier molecular flexibility index (Phi) is 10.6. The van der Waals surface area contributed by atoms with Gasteiger partial charge < -0.3 is 15.1 Å². The molecule has 1 amide bonds. The quantitative estimate of drug-likeness (QED) is 0.146. The minimum atomic E-state index is -0.980. The van der Waals surface area contributed by atoms with Crippen LogP contribution in [0.25, 0.3) is 0 Å². The number of carbonyl (C=O) groups is 3. The molecule has 36 heavy (non-hydrogen) atoms. The van der Waals surface area contributed by atoms with Crippen molar-refractivity contribution in [3.63, 3.8) is 0 Å². The molecule has 0 atom stereocenters. The van der Waals surface area contributed by atoms with E-state index in [9.17, 15) is 19.5 Å². The maximum atomic E-state index is 12.4. The van der Waals surface area contributed by atoms with E-state index in [1.807, 2.05) is 35.6 Å². The standard InChI is InChI=1S/C24H24N2O5S5/c1-33-18-13-15-17(14-19(18)34-2)35-20(25(15)11-9-21(27)28)8-6-4-3-5-7-16-23(31)26(24(32)36-16)12-10-22(29)30/h3-8,13-14H,9-12H2,1-2H3,(H,27,28)(H,29,30)/b5-3+,6-4+,16-7+,20-8-. The Bertz CT molecular complexity index is 1190. The average Bonchev–Trinajstić information content (AvgIpc) is 3.32. The van der Waals surface area contributed by atoms with Gasteiger partial charge in [0.15, 0.2) is 0 Å². The van der Waals surface area contributed by atoms with Crippen LogP contribution >= 0.6 is 59.3 Å². The number of aliphatic carboxylic acids is 2. The molecule has 1 aromatic rings. The lowest BCUT2D eigenvalue weighted by molar-refractivity contribution is -0.138. The molecule has 0 spiro atoms. The molecule has 0 aromatic heterocycles. The van der Waals surface area contributed by atoms with Gasteiger partial charge in [-0.25, -0.2) is 0 Å². The molecule has 0 bridgehead atoms. The lowest BCUT2D eigenvalue weighted by atomic mass is 10.2. The number of carboxylic acid groups (broad SMARTS) is 2. The van der Waals surface area contributed by atoms with Crippen molar-refractivity contribution in [2.24, 2.45) is 0 Å². The number of carbonyl (C=O) groups excluding carboxylic acids is 1. The summed E-state index contributed by atoms with van der Waals surface area (Å²) < 4.78 is 0.356. The van der Waals surface area contributed by atoms with E-state index in [0.717, 1.165) is 32.3 Å². The number of allylic oxidation sites excluding steroid dienone is 6. The van der Waals surface area contributed by atoms with Crippen molar-refractivity contribution in [2.45, 2.75) is 27.5 Å². The fraction of sp³-hybridized carbons (Fsp3) is 0.250. The second kappa shape index (κ2) is 13.4. The summed E-state index contributed by atoms with van der Waals surface area (Å²) in [6.07, 6.45) is 14.8. The predicted molar refractivity (Wildman–Crippen MR) is 154 cm³/mol. The first-order valence-electron chi connectivity index (χ1n) is 10.7. The topological polar surface area (TPSA) is 98.2 Å².